The summed E-state index contributed by atoms with van der Waals surface area (Å²) in [6.07, 6.45) is 0.641. The smallest absolute Gasteiger partial charge is 0.234 e. The van der Waals surface area contributed by atoms with Crippen LogP contribution in [0.3, 0.4) is 0 Å². The second kappa shape index (κ2) is 4.49. The number of nitrogens with two attached hydrogens (primary N) is 1. The molecule has 5 heteroatoms. The highest BCUT2D eigenvalue weighted by atomic mass is 16.2. The monoisotopic (exact) mass is 243 g/mol. The van der Waals surface area contributed by atoms with E-state index in [-0.39, 0.29) is 23.3 Å². The lowest BCUT2D eigenvalue weighted by atomic mass is 9.96. The molecule has 0 unspecified atom stereocenters. The van der Waals surface area contributed by atoms with Crippen molar-refractivity contribution >= 4 is 23.2 Å². The third-order valence-electron chi connectivity index (χ3n) is 2.93. The van der Waals surface area contributed by atoms with Crippen LogP contribution in [0.25, 0.3) is 0 Å². The van der Waals surface area contributed by atoms with Crippen LogP contribution in [-0.4, -0.2) is 11.8 Å². The van der Waals surface area contributed by atoms with Gasteiger partial charge in [0.25, 0.3) is 0 Å². The summed E-state index contributed by atoms with van der Waals surface area (Å²) in [4.78, 5) is 25.0. The van der Waals surface area contributed by atoms with Gasteiger partial charge in [-0.2, -0.15) is 5.26 Å². The highest BCUT2D eigenvalue weighted by molar-refractivity contribution is 6.17. The van der Waals surface area contributed by atoms with Crippen LogP contribution >= 0.6 is 0 Å². The fraction of sp³-hybridized carbons (Fsp3) is 0.308. The molecule has 1 aromatic rings. The van der Waals surface area contributed by atoms with E-state index in [2.05, 4.69) is 0 Å². The van der Waals surface area contributed by atoms with Crippen molar-refractivity contribution in [3.8, 4) is 6.07 Å². The Kier molecular flexibility index (Phi) is 3.02. The third-order valence-corrected chi connectivity index (χ3v) is 2.93. The normalized spacial score (nSPS) is 16.8. The van der Waals surface area contributed by atoms with Gasteiger partial charge in [-0.05, 0) is 24.1 Å². The maximum absolute atomic E-state index is 11.9. The first kappa shape index (κ1) is 12.1. The molecule has 2 N–H and O–H groups in total. The number of benzene rings is 1. The van der Waals surface area contributed by atoms with E-state index in [1.165, 1.54) is 6.07 Å². The largest absolute Gasteiger partial charge is 0.399 e. The van der Waals surface area contributed by atoms with Crippen LogP contribution in [0, 0.1) is 17.2 Å². The van der Waals surface area contributed by atoms with Gasteiger partial charge in [0.05, 0.1) is 11.3 Å². The fourth-order valence-corrected chi connectivity index (χ4v) is 2.10. The minimum atomic E-state index is -0.264. The second-order valence-corrected chi connectivity index (χ2v) is 4.52. The first-order valence-corrected chi connectivity index (χ1v) is 5.68. The lowest BCUT2D eigenvalue weighted by Gasteiger charge is -2.28. The van der Waals surface area contributed by atoms with Crippen molar-refractivity contribution in [2.24, 2.45) is 5.92 Å². The molecule has 1 aliphatic heterocycles. The molecule has 0 aromatic heterocycles. The lowest BCUT2D eigenvalue weighted by molar-refractivity contribution is -0.130. The Morgan fingerprint density at radius 1 is 1.33 bits per heavy atom. The molecule has 0 bridgehead atoms. The maximum atomic E-state index is 11.9. The van der Waals surface area contributed by atoms with Crippen LogP contribution in [0.5, 0.6) is 0 Å². The lowest BCUT2D eigenvalue weighted by Crippen LogP contribution is -2.43. The summed E-state index contributed by atoms with van der Waals surface area (Å²) >= 11 is 0. The van der Waals surface area contributed by atoms with E-state index in [1.807, 2.05) is 13.0 Å². The molecule has 2 amide bonds. The van der Waals surface area contributed by atoms with E-state index in [0.29, 0.717) is 24.2 Å². The molecular weight excluding hydrogens is 230 g/mol. The minimum absolute atomic E-state index is 0.0561. The highest BCUT2D eigenvalue weighted by Gasteiger charge is 2.32. The number of rotatable bonds is 1. The van der Waals surface area contributed by atoms with Gasteiger partial charge in [0, 0.05) is 18.5 Å². The van der Waals surface area contributed by atoms with Crippen LogP contribution in [0.15, 0.2) is 18.2 Å². The van der Waals surface area contributed by atoms with Crippen LogP contribution in [-0.2, 0) is 9.59 Å². The number of piperidine rings is 1. The Labute approximate surface area is 105 Å². The average Bonchev–Trinajstić information content (AvgIpc) is 2.29. The zero-order valence-corrected chi connectivity index (χ0v) is 10.0. The number of nitrogen functional groups attached to an aromatic ring is 1. The number of carbonyl (C=O) groups excluding carboxylic acids is 2. The van der Waals surface area contributed by atoms with Crippen LogP contribution in [0.1, 0.15) is 25.3 Å². The third kappa shape index (κ3) is 2.05. The molecular formula is C13H13N3O2. The van der Waals surface area contributed by atoms with E-state index < -0.39 is 0 Å². The highest BCUT2D eigenvalue weighted by Crippen LogP contribution is 2.28. The van der Waals surface area contributed by atoms with Crippen molar-refractivity contribution in [2.75, 3.05) is 10.6 Å². The number of amides is 2. The average molecular weight is 243 g/mol. The molecule has 1 aliphatic rings. The zero-order chi connectivity index (χ0) is 13.3. The molecule has 5 nitrogen and oxygen atoms in total. The molecule has 0 saturated carbocycles. The summed E-state index contributed by atoms with van der Waals surface area (Å²) in [7, 11) is 0. The van der Waals surface area contributed by atoms with Gasteiger partial charge in [0.1, 0.15) is 6.07 Å². The number of nitrogens with zero attached hydrogens (tertiary/aromatic N) is 2. The van der Waals surface area contributed by atoms with Crippen LogP contribution < -0.4 is 10.6 Å². The van der Waals surface area contributed by atoms with Crippen molar-refractivity contribution in [2.45, 2.75) is 19.8 Å². The molecule has 0 radical (unpaired) electrons. The predicted molar refractivity (Wildman–Crippen MR) is 66.5 cm³/mol. The Hall–Kier alpha value is -2.35. The Morgan fingerprint density at radius 3 is 2.50 bits per heavy atom. The maximum Gasteiger partial charge on any atom is 0.234 e. The number of anilines is 2. The molecule has 1 fully saturated rings. The molecule has 92 valence electrons. The van der Waals surface area contributed by atoms with Crippen LogP contribution in [0.2, 0.25) is 0 Å². The first-order chi connectivity index (χ1) is 8.52. The van der Waals surface area contributed by atoms with E-state index in [4.69, 9.17) is 11.0 Å². The summed E-state index contributed by atoms with van der Waals surface area (Å²) in [5.74, 6) is -0.472. The summed E-state index contributed by atoms with van der Waals surface area (Å²) in [6, 6.07) is 6.55. The topological polar surface area (TPSA) is 87.2 Å². The van der Waals surface area contributed by atoms with Crippen LogP contribution in [0.4, 0.5) is 11.4 Å². The number of nitriles is 1. The molecule has 0 aliphatic carbocycles. The standard InChI is InChI=1S/C13H13N3O2/c1-8-4-12(17)16(13(18)5-8)11-3-2-10(15)6-9(11)7-14/h2-3,6,8H,4-5,15H2,1H3. The van der Waals surface area contributed by atoms with Crippen molar-refractivity contribution in [3.63, 3.8) is 0 Å². The molecule has 18 heavy (non-hydrogen) atoms. The number of hydrogen-bond acceptors (Lipinski definition) is 4. The number of hydrogen-bond donors (Lipinski definition) is 1. The molecule has 0 atom stereocenters. The molecule has 1 heterocycles. The summed E-state index contributed by atoms with van der Waals surface area (Å²) in [6.45, 7) is 1.86. The summed E-state index contributed by atoms with van der Waals surface area (Å²) in [5.41, 5.74) is 6.58. The van der Waals surface area contributed by atoms with Crippen molar-refractivity contribution < 1.29 is 9.59 Å². The van der Waals surface area contributed by atoms with Gasteiger partial charge < -0.3 is 5.73 Å². The number of imide groups is 1. The molecule has 0 spiro atoms. The summed E-state index contributed by atoms with van der Waals surface area (Å²) in [5, 5.41) is 9.04. The van der Waals surface area contributed by atoms with Gasteiger partial charge in [-0.1, -0.05) is 6.92 Å². The zero-order valence-electron chi connectivity index (χ0n) is 10.0. The quantitative estimate of drug-likeness (QED) is 0.597. The van der Waals surface area contributed by atoms with E-state index in [0.717, 1.165) is 4.90 Å². The van der Waals surface area contributed by atoms with E-state index in [9.17, 15) is 9.59 Å². The van der Waals surface area contributed by atoms with Gasteiger partial charge in [0.2, 0.25) is 11.8 Å². The van der Waals surface area contributed by atoms with Gasteiger partial charge >= 0.3 is 0 Å². The number of carbonyl (C=O) groups is 2. The van der Waals surface area contributed by atoms with Crippen molar-refractivity contribution in [1.82, 2.24) is 0 Å². The fourth-order valence-electron chi connectivity index (χ4n) is 2.10. The second-order valence-electron chi connectivity index (χ2n) is 4.52. The minimum Gasteiger partial charge on any atom is -0.399 e. The van der Waals surface area contributed by atoms with E-state index >= 15 is 0 Å². The SMILES string of the molecule is CC1CC(=O)N(c2ccc(N)cc2C#N)C(=O)C1. The Balaban J connectivity index is 2.46. The molecule has 1 aromatic carbocycles. The first-order valence-electron chi connectivity index (χ1n) is 5.68. The Bertz CT molecular complexity index is 542. The van der Waals surface area contributed by atoms with Gasteiger partial charge in [-0.3, -0.25) is 9.59 Å². The Morgan fingerprint density at radius 2 is 1.94 bits per heavy atom. The van der Waals surface area contributed by atoms with E-state index in [1.54, 1.807) is 12.1 Å². The molecule has 1 saturated heterocycles. The molecule has 2 rings (SSSR count). The van der Waals surface area contributed by atoms with Crippen molar-refractivity contribution in [1.29, 1.82) is 5.26 Å². The van der Waals surface area contributed by atoms with Gasteiger partial charge in [0.15, 0.2) is 0 Å². The predicted octanol–water partition coefficient (Wildman–Crippen LogP) is 1.43. The van der Waals surface area contributed by atoms with Crippen molar-refractivity contribution in [3.05, 3.63) is 23.8 Å². The van der Waals surface area contributed by atoms with Gasteiger partial charge in [-0.25, -0.2) is 4.90 Å². The van der Waals surface area contributed by atoms with Gasteiger partial charge in [-0.15, -0.1) is 0 Å². The summed E-state index contributed by atoms with van der Waals surface area (Å²) < 4.78 is 0.